The van der Waals surface area contributed by atoms with E-state index in [1.165, 1.54) is 13.8 Å². The second-order valence-corrected chi connectivity index (χ2v) is 15.3. The largest absolute Gasteiger partial charge is 0.480 e. The first-order valence-corrected chi connectivity index (χ1v) is 15.2. The Kier molecular flexibility index (Phi) is 12.1. The number of rotatable bonds is 14. The molecule has 1 aromatic carbocycles. The first-order chi connectivity index (χ1) is 16.3. The van der Waals surface area contributed by atoms with Gasteiger partial charge in [0.15, 0.2) is 5.78 Å². The molecule has 1 rings (SSSR count). The van der Waals surface area contributed by atoms with Crippen LogP contribution in [0.5, 0.6) is 0 Å². The number of aliphatic carboxylic acids is 1. The summed E-state index contributed by atoms with van der Waals surface area (Å²) in [4.78, 5) is 60.3. The van der Waals surface area contributed by atoms with Crippen molar-refractivity contribution in [2.24, 2.45) is 5.92 Å². The number of carboxylic acid groups (broad SMARTS) is 1. The van der Waals surface area contributed by atoms with Crippen LogP contribution in [-0.2, 0) is 35.3 Å². The first kappa shape index (κ1) is 29.8. The third-order valence-electron chi connectivity index (χ3n) is 5.09. The number of hydrogen-bond donors (Lipinski definition) is 3. The highest BCUT2D eigenvalue weighted by atomic mass is 28.3. The van der Waals surface area contributed by atoms with Crippen molar-refractivity contribution in [1.29, 1.82) is 0 Å². The summed E-state index contributed by atoms with van der Waals surface area (Å²) in [6, 6.07) is 7.39. The molecule has 35 heavy (non-hydrogen) atoms. The molecule has 0 spiro atoms. The fraction of sp³-hybridized carbons (Fsp3) is 0.542. The van der Waals surface area contributed by atoms with Crippen molar-refractivity contribution in [3.05, 3.63) is 35.9 Å². The molecule has 0 fully saturated rings. The number of hydrogen-bond acceptors (Lipinski definition) is 7. The number of amides is 2. The van der Waals surface area contributed by atoms with Gasteiger partial charge in [0.25, 0.3) is 0 Å². The Morgan fingerprint density at radius 2 is 1.57 bits per heavy atom. The fourth-order valence-electron chi connectivity index (χ4n) is 2.80. The van der Waals surface area contributed by atoms with Gasteiger partial charge in [-0.3, -0.25) is 14.4 Å². The summed E-state index contributed by atoms with van der Waals surface area (Å²) >= 11 is 0. The van der Waals surface area contributed by atoms with Gasteiger partial charge in [0, 0.05) is 20.4 Å². The molecule has 11 heteroatoms. The molecule has 0 heterocycles. The quantitative estimate of drug-likeness (QED) is 0.257. The fourth-order valence-corrected chi connectivity index (χ4v) is 3.52. The van der Waals surface area contributed by atoms with Gasteiger partial charge in [0.2, 0.25) is 5.91 Å². The monoisotopic (exact) mass is 508 g/mol. The van der Waals surface area contributed by atoms with E-state index in [-0.39, 0.29) is 19.6 Å². The van der Waals surface area contributed by atoms with Gasteiger partial charge in [0.1, 0.15) is 12.6 Å². The lowest BCUT2D eigenvalue weighted by Crippen LogP contribution is -2.46. The third-order valence-corrected chi connectivity index (χ3v) is 6.79. The Bertz CT molecular complexity index is 885. The van der Waals surface area contributed by atoms with E-state index in [1.807, 2.05) is 18.2 Å². The average Bonchev–Trinajstić information content (AvgIpc) is 2.76. The Morgan fingerprint density at radius 3 is 2.14 bits per heavy atom. The molecule has 0 aliphatic heterocycles. The Labute approximate surface area is 206 Å². The topological polar surface area (TPSA) is 148 Å². The minimum Gasteiger partial charge on any atom is -0.480 e. The van der Waals surface area contributed by atoms with E-state index < -0.39 is 62.2 Å². The van der Waals surface area contributed by atoms with Crippen molar-refractivity contribution in [3.63, 3.8) is 0 Å². The lowest BCUT2D eigenvalue weighted by molar-refractivity contribution is -0.150. The first-order valence-electron chi connectivity index (χ1n) is 11.5. The molecule has 0 aliphatic carbocycles. The number of alkyl carbamates (subject to hydrolysis) is 1. The summed E-state index contributed by atoms with van der Waals surface area (Å²) in [6.45, 7) is 9.53. The van der Waals surface area contributed by atoms with E-state index in [0.29, 0.717) is 0 Å². The van der Waals surface area contributed by atoms with Crippen molar-refractivity contribution >= 4 is 37.8 Å². The summed E-state index contributed by atoms with van der Waals surface area (Å²) < 4.78 is 10.2. The second-order valence-electron chi connectivity index (χ2n) is 9.63. The predicted octanol–water partition coefficient (Wildman–Crippen LogP) is 2.74. The van der Waals surface area contributed by atoms with Crippen molar-refractivity contribution in [3.8, 4) is 0 Å². The van der Waals surface area contributed by atoms with Crippen LogP contribution < -0.4 is 10.6 Å². The van der Waals surface area contributed by atoms with Gasteiger partial charge in [-0.05, 0) is 18.5 Å². The van der Waals surface area contributed by atoms with E-state index in [1.54, 1.807) is 12.1 Å². The molecule has 0 radical (unpaired) electrons. The molecule has 2 amide bonds. The minimum atomic E-state index is -1.47. The predicted molar refractivity (Wildman–Crippen MR) is 131 cm³/mol. The van der Waals surface area contributed by atoms with E-state index in [2.05, 4.69) is 30.3 Å². The number of carboxylic acids is 1. The van der Waals surface area contributed by atoms with Gasteiger partial charge in [-0.15, -0.1) is 0 Å². The lowest BCUT2D eigenvalue weighted by atomic mass is 9.99. The van der Waals surface area contributed by atoms with Crippen molar-refractivity contribution < 1.29 is 38.6 Å². The highest BCUT2D eigenvalue weighted by Gasteiger charge is 2.28. The Morgan fingerprint density at radius 1 is 0.943 bits per heavy atom. The maximum atomic E-state index is 12.4. The zero-order chi connectivity index (χ0) is 26.6. The number of carbonyl (C=O) groups excluding carboxylic acids is 4. The number of esters is 1. The van der Waals surface area contributed by atoms with Crippen LogP contribution in [0.4, 0.5) is 4.79 Å². The molecular weight excluding hydrogens is 472 g/mol. The Balaban J connectivity index is 2.48. The van der Waals surface area contributed by atoms with Crippen molar-refractivity contribution in [2.45, 2.75) is 71.1 Å². The van der Waals surface area contributed by atoms with Crippen LogP contribution in [-0.4, -0.2) is 61.6 Å². The number of ether oxygens (including phenoxy) is 2. The summed E-state index contributed by atoms with van der Waals surface area (Å²) in [5.41, 5.74) is 0.792. The SMILES string of the molecule is C[C@H](CC(=O)[C@H](C)NC(=O)OCc1ccccc1)C(=O)N[C@@H](CC(=O)OCC[Si](C)(C)C)C(=O)O. The average molecular weight is 509 g/mol. The summed E-state index contributed by atoms with van der Waals surface area (Å²) in [6.07, 6.45) is -1.53. The number of nitrogens with one attached hydrogen (secondary N) is 2. The van der Waals surface area contributed by atoms with Gasteiger partial charge in [-0.2, -0.15) is 0 Å². The maximum Gasteiger partial charge on any atom is 0.408 e. The molecule has 3 N–H and O–H groups in total. The molecular formula is C24H36N2O8Si. The van der Waals surface area contributed by atoms with Crippen LogP contribution in [0.25, 0.3) is 0 Å². The van der Waals surface area contributed by atoms with E-state index in [0.717, 1.165) is 11.6 Å². The molecule has 0 saturated carbocycles. The molecule has 0 aliphatic rings. The lowest BCUT2D eigenvalue weighted by Gasteiger charge is -2.19. The van der Waals surface area contributed by atoms with Crippen LogP contribution in [0.3, 0.4) is 0 Å². The zero-order valence-electron chi connectivity index (χ0n) is 21.0. The molecule has 10 nitrogen and oxygen atoms in total. The summed E-state index contributed by atoms with van der Waals surface area (Å²) in [5, 5.41) is 14.1. The molecule has 0 saturated heterocycles. The van der Waals surface area contributed by atoms with Crippen LogP contribution in [0.1, 0.15) is 32.3 Å². The van der Waals surface area contributed by atoms with Crippen molar-refractivity contribution in [2.75, 3.05) is 6.61 Å². The number of ketones is 1. The van der Waals surface area contributed by atoms with E-state index >= 15 is 0 Å². The van der Waals surface area contributed by atoms with E-state index in [4.69, 9.17) is 9.47 Å². The number of benzene rings is 1. The van der Waals surface area contributed by atoms with Crippen LogP contribution in [0.15, 0.2) is 30.3 Å². The van der Waals surface area contributed by atoms with Gasteiger partial charge in [0.05, 0.1) is 19.1 Å². The number of Topliss-reactive ketones (excluding diaryl/α,β-unsaturated/α-hetero) is 1. The summed E-state index contributed by atoms with van der Waals surface area (Å²) in [7, 11) is -1.41. The molecule has 194 valence electrons. The third kappa shape index (κ3) is 12.7. The highest BCUT2D eigenvalue weighted by Crippen LogP contribution is 2.10. The van der Waals surface area contributed by atoms with Gasteiger partial charge < -0.3 is 25.2 Å². The Hall–Kier alpha value is -3.21. The molecule has 1 aromatic rings. The van der Waals surface area contributed by atoms with Gasteiger partial charge >= 0.3 is 18.0 Å². The van der Waals surface area contributed by atoms with Gasteiger partial charge in [-0.25, -0.2) is 9.59 Å². The highest BCUT2D eigenvalue weighted by molar-refractivity contribution is 6.76. The van der Waals surface area contributed by atoms with Crippen LogP contribution >= 0.6 is 0 Å². The minimum absolute atomic E-state index is 0.0452. The van der Waals surface area contributed by atoms with E-state index in [9.17, 15) is 29.1 Å². The molecule has 3 atom stereocenters. The van der Waals surface area contributed by atoms with Gasteiger partial charge in [-0.1, -0.05) is 56.9 Å². The van der Waals surface area contributed by atoms with Crippen LogP contribution in [0.2, 0.25) is 25.7 Å². The standard InChI is InChI=1S/C24H36N2O8Si/c1-16(13-20(27)17(2)25-24(32)34-15-18-9-7-6-8-10-18)22(29)26-19(23(30)31)14-21(28)33-11-12-35(3,4)5/h6-10,16-17,19H,11-15H2,1-5H3,(H,25,32)(H,26,29)(H,30,31)/t16-,17+,19+/m1/s1. The maximum absolute atomic E-state index is 12.4. The number of carbonyl (C=O) groups is 5. The second kappa shape index (κ2) is 14.2. The normalized spacial score (nSPS) is 13.6. The smallest absolute Gasteiger partial charge is 0.408 e. The molecule has 0 bridgehead atoms. The van der Waals surface area contributed by atoms with Crippen LogP contribution in [0, 0.1) is 5.92 Å². The summed E-state index contributed by atoms with van der Waals surface area (Å²) in [5.74, 6) is -4.10. The molecule has 0 unspecified atom stereocenters. The zero-order valence-corrected chi connectivity index (χ0v) is 22.0. The van der Waals surface area contributed by atoms with Crippen molar-refractivity contribution in [1.82, 2.24) is 10.6 Å². The molecule has 0 aromatic heterocycles.